The summed E-state index contributed by atoms with van der Waals surface area (Å²) in [5.74, 6) is 0. The molecule has 1 amide bonds. The highest BCUT2D eigenvalue weighted by molar-refractivity contribution is 6.30. The molecule has 4 nitrogen and oxygen atoms in total. The summed E-state index contributed by atoms with van der Waals surface area (Å²) in [6, 6.07) is 14.3. The van der Waals surface area contributed by atoms with Crippen molar-refractivity contribution in [3.05, 3.63) is 64.2 Å². The summed E-state index contributed by atoms with van der Waals surface area (Å²) >= 11 is 6.36. The molecule has 2 heterocycles. The number of nitrogens with zero attached hydrogens (tertiary/aromatic N) is 2. The zero-order valence-corrected chi connectivity index (χ0v) is 14.7. The molecule has 1 fully saturated rings. The van der Waals surface area contributed by atoms with Gasteiger partial charge >= 0.3 is 6.09 Å². The van der Waals surface area contributed by atoms with Crippen LogP contribution in [0.5, 0.6) is 0 Å². The predicted octanol–water partition coefficient (Wildman–Crippen LogP) is 4.72. The molecular formula is C20H21ClN2O2. The summed E-state index contributed by atoms with van der Waals surface area (Å²) in [5, 5.41) is 10.2. The molecule has 2 aliphatic heterocycles. The Balaban J connectivity index is 1.72. The van der Waals surface area contributed by atoms with Gasteiger partial charge < -0.3 is 14.9 Å². The highest BCUT2D eigenvalue weighted by Gasteiger charge is 2.33. The SMILES string of the molecule is O=C(O)N1CCCC1c1cc(Cl)cc2c1CN(c1ccccc1)CC2. The molecule has 1 atom stereocenters. The van der Waals surface area contributed by atoms with E-state index in [2.05, 4.69) is 29.2 Å². The molecule has 1 unspecified atom stereocenters. The molecule has 5 heteroatoms. The maximum atomic E-state index is 11.6. The van der Waals surface area contributed by atoms with Crippen molar-refractivity contribution in [2.24, 2.45) is 0 Å². The first-order valence-electron chi connectivity index (χ1n) is 8.74. The van der Waals surface area contributed by atoms with Crippen LogP contribution in [0.15, 0.2) is 42.5 Å². The number of hydrogen-bond acceptors (Lipinski definition) is 2. The zero-order chi connectivity index (χ0) is 17.4. The number of halogens is 1. The number of hydrogen-bond donors (Lipinski definition) is 1. The second-order valence-electron chi connectivity index (χ2n) is 6.77. The third-order valence-electron chi connectivity index (χ3n) is 5.32. The molecule has 1 saturated heterocycles. The fourth-order valence-corrected chi connectivity index (χ4v) is 4.38. The third-order valence-corrected chi connectivity index (χ3v) is 5.54. The van der Waals surface area contributed by atoms with Gasteiger partial charge in [-0.1, -0.05) is 29.8 Å². The van der Waals surface area contributed by atoms with Crippen LogP contribution in [-0.4, -0.2) is 29.2 Å². The van der Waals surface area contributed by atoms with Gasteiger partial charge in [-0.05, 0) is 60.2 Å². The van der Waals surface area contributed by atoms with Gasteiger partial charge in [0, 0.05) is 30.3 Å². The van der Waals surface area contributed by atoms with Gasteiger partial charge in [-0.25, -0.2) is 4.79 Å². The average Bonchev–Trinajstić information content (AvgIpc) is 3.11. The van der Waals surface area contributed by atoms with Gasteiger partial charge in [0.15, 0.2) is 0 Å². The molecule has 0 bridgehead atoms. The molecule has 0 spiro atoms. The molecule has 130 valence electrons. The first-order valence-corrected chi connectivity index (χ1v) is 9.12. The number of benzene rings is 2. The van der Waals surface area contributed by atoms with Gasteiger partial charge in [-0.3, -0.25) is 0 Å². The number of likely N-dealkylation sites (tertiary alicyclic amines) is 1. The van der Waals surface area contributed by atoms with Crippen molar-refractivity contribution in [1.82, 2.24) is 4.90 Å². The van der Waals surface area contributed by atoms with E-state index in [0.29, 0.717) is 11.6 Å². The number of anilines is 1. The van der Waals surface area contributed by atoms with E-state index in [1.165, 1.54) is 16.8 Å². The monoisotopic (exact) mass is 356 g/mol. The minimum atomic E-state index is -0.841. The minimum Gasteiger partial charge on any atom is -0.465 e. The number of amides is 1. The number of para-hydroxylation sites is 1. The van der Waals surface area contributed by atoms with Gasteiger partial charge in [0.2, 0.25) is 0 Å². The molecule has 2 aromatic carbocycles. The lowest BCUT2D eigenvalue weighted by Gasteiger charge is -2.34. The van der Waals surface area contributed by atoms with E-state index in [1.807, 2.05) is 18.2 Å². The normalized spacial score (nSPS) is 19.8. The van der Waals surface area contributed by atoms with E-state index >= 15 is 0 Å². The highest BCUT2D eigenvalue weighted by Crippen LogP contribution is 2.39. The van der Waals surface area contributed by atoms with E-state index < -0.39 is 6.09 Å². The van der Waals surface area contributed by atoms with E-state index in [1.54, 1.807) is 4.90 Å². The quantitative estimate of drug-likeness (QED) is 0.846. The summed E-state index contributed by atoms with van der Waals surface area (Å²) in [4.78, 5) is 15.5. The van der Waals surface area contributed by atoms with Crippen LogP contribution in [0.25, 0.3) is 0 Å². The fraction of sp³-hybridized carbons (Fsp3) is 0.350. The second kappa shape index (κ2) is 6.60. The van der Waals surface area contributed by atoms with E-state index in [0.717, 1.165) is 37.9 Å². The lowest BCUT2D eigenvalue weighted by molar-refractivity contribution is 0.140. The van der Waals surface area contributed by atoms with Crippen LogP contribution >= 0.6 is 11.6 Å². The Morgan fingerprint density at radius 1 is 1.16 bits per heavy atom. The van der Waals surface area contributed by atoms with Crippen LogP contribution in [0.1, 0.15) is 35.6 Å². The Hall–Kier alpha value is -2.20. The van der Waals surface area contributed by atoms with Crippen molar-refractivity contribution in [2.45, 2.75) is 31.8 Å². The Morgan fingerprint density at radius 2 is 1.96 bits per heavy atom. The summed E-state index contributed by atoms with van der Waals surface area (Å²) in [6.45, 7) is 2.35. The van der Waals surface area contributed by atoms with Gasteiger partial charge in [0.25, 0.3) is 0 Å². The Morgan fingerprint density at radius 3 is 2.72 bits per heavy atom. The molecule has 0 radical (unpaired) electrons. The molecular weight excluding hydrogens is 336 g/mol. The van der Waals surface area contributed by atoms with Gasteiger partial charge in [0.05, 0.1) is 6.04 Å². The summed E-state index contributed by atoms with van der Waals surface area (Å²) in [5.41, 5.74) is 4.79. The van der Waals surface area contributed by atoms with Gasteiger partial charge in [-0.2, -0.15) is 0 Å². The molecule has 0 aliphatic carbocycles. The number of carbonyl (C=O) groups is 1. The molecule has 2 aromatic rings. The molecule has 0 saturated carbocycles. The first-order chi connectivity index (χ1) is 12.1. The number of carboxylic acid groups (broad SMARTS) is 1. The Kier molecular flexibility index (Phi) is 4.30. The third kappa shape index (κ3) is 3.07. The summed E-state index contributed by atoms with van der Waals surface area (Å²) in [6.07, 6.45) is 1.86. The van der Waals surface area contributed by atoms with Crippen molar-refractivity contribution in [2.75, 3.05) is 18.0 Å². The molecule has 1 N–H and O–H groups in total. The van der Waals surface area contributed by atoms with Crippen molar-refractivity contribution in [3.63, 3.8) is 0 Å². The van der Waals surface area contributed by atoms with Crippen LogP contribution in [0, 0.1) is 0 Å². The lowest BCUT2D eigenvalue weighted by atomic mass is 9.90. The van der Waals surface area contributed by atoms with Gasteiger partial charge in [0.1, 0.15) is 0 Å². The molecule has 0 aromatic heterocycles. The molecule has 4 rings (SSSR count). The van der Waals surface area contributed by atoms with Crippen molar-refractivity contribution in [3.8, 4) is 0 Å². The van der Waals surface area contributed by atoms with Crippen LogP contribution < -0.4 is 4.90 Å². The van der Waals surface area contributed by atoms with Crippen molar-refractivity contribution in [1.29, 1.82) is 0 Å². The number of rotatable bonds is 2. The van der Waals surface area contributed by atoms with Crippen LogP contribution in [0.3, 0.4) is 0 Å². The van der Waals surface area contributed by atoms with Crippen LogP contribution in [0.4, 0.5) is 10.5 Å². The van der Waals surface area contributed by atoms with Crippen molar-refractivity contribution < 1.29 is 9.90 Å². The Labute approximate surface area is 152 Å². The number of fused-ring (bicyclic) bond motifs is 1. The van der Waals surface area contributed by atoms with Crippen molar-refractivity contribution >= 4 is 23.4 Å². The van der Waals surface area contributed by atoms with E-state index in [9.17, 15) is 9.90 Å². The summed E-state index contributed by atoms with van der Waals surface area (Å²) < 4.78 is 0. The minimum absolute atomic E-state index is 0.0827. The maximum absolute atomic E-state index is 11.6. The largest absolute Gasteiger partial charge is 0.465 e. The van der Waals surface area contributed by atoms with Gasteiger partial charge in [-0.15, -0.1) is 0 Å². The smallest absolute Gasteiger partial charge is 0.407 e. The lowest BCUT2D eigenvalue weighted by Crippen LogP contribution is -2.34. The van der Waals surface area contributed by atoms with E-state index in [4.69, 9.17) is 11.6 Å². The molecule has 2 aliphatic rings. The maximum Gasteiger partial charge on any atom is 0.407 e. The molecule has 25 heavy (non-hydrogen) atoms. The average molecular weight is 357 g/mol. The van der Waals surface area contributed by atoms with Crippen LogP contribution in [-0.2, 0) is 13.0 Å². The van der Waals surface area contributed by atoms with Crippen LogP contribution in [0.2, 0.25) is 5.02 Å². The topological polar surface area (TPSA) is 43.8 Å². The fourth-order valence-electron chi connectivity index (χ4n) is 4.13. The Bertz CT molecular complexity index is 794. The zero-order valence-electron chi connectivity index (χ0n) is 14.0. The standard InChI is InChI=1S/C20H21ClN2O2/c21-15-11-14-8-10-22(16-5-2-1-3-6-16)13-18(14)17(12-15)19-7-4-9-23(19)20(24)25/h1-3,5-6,11-12,19H,4,7-10,13H2,(H,24,25). The predicted molar refractivity (Wildman–Crippen MR) is 99.4 cm³/mol. The summed E-state index contributed by atoms with van der Waals surface area (Å²) in [7, 11) is 0. The highest BCUT2D eigenvalue weighted by atomic mass is 35.5. The first kappa shape index (κ1) is 16.3. The second-order valence-corrected chi connectivity index (χ2v) is 7.21. The van der Waals surface area contributed by atoms with E-state index in [-0.39, 0.29) is 6.04 Å².